The van der Waals surface area contributed by atoms with E-state index in [4.69, 9.17) is 4.65 Å². The van der Waals surface area contributed by atoms with Crippen LogP contribution in [0.25, 0.3) is 0 Å². The summed E-state index contributed by atoms with van der Waals surface area (Å²) in [5.74, 6) is 0.668. The molecule has 1 heterocycles. The van der Waals surface area contributed by atoms with Gasteiger partial charge in [-0.25, -0.2) is 0 Å². The monoisotopic (exact) mass is 564 g/mol. The highest BCUT2D eigenvalue weighted by molar-refractivity contribution is 7.20. The van der Waals surface area contributed by atoms with Crippen molar-refractivity contribution in [1.82, 2.24) is 0 Å². The first kappa shape index (κ1) is 36.7. The first-order valence-electron chi connectivity index (χ1n) is 16.8. The number of rotatable bonds is 26. The molecule has 1 atom stereocenters. The van der Waals surface area contributed by atoms with Crippen LogP contribution in [0.1, 0.15) is 176 Å². The molecule has 0 saturated carbocycles. The average Bonchev–Trinajstić information content (AvgIpc) is 3.34. The van der Waals surface area contributed by atoms with Crippen LogP contribution in [0.5, 0.6) is 0 Å². The fourth-order valence-electron chi connectivity index (χ4n) is 5.36. The molecule has 5 heteroatoms. The van der Waals surface area contributed by atoms with Gasteiger partial charge in [-0.2, -0.15) is 11.3 Å². The molecular weight excluding hydrogens is 499 g/mol. The molecule has 39 heavy (non-hydrogen) atoms. The van der Waals surface area contributed by atoms with Crippen LogP contribution in [0.2, 0.25) is 0 Å². The van der Waals surface area contributed by atoms with Crippen LogP contribution in [0.15, 0.2) is 11.4 Å². The average molecular weight is 565 g/mol. The molecule has 1 rings (SSSR count). The molecule has 0 aromatic carbocycles. The Kier molecular flexibility index (Phi) is 20.1. The maximum atomic E-state index is 11.0. The van der Waals surface area contributed by atoms with Crippen LogP contribution >= 0.6 is 11.3 Å². The van der Waals surface area contributed by atoms with E-state index in [0.29, 0.717) is 5.92 Å². The van der Waals surface area contributed by atoms with E-state index in [9.17, 15) is 10.1 Å². The molecule has 0 bridgehead atoms. The molecule has 0 aliphatic heterocycles. The van der Waals surface area contributed by atoms with Crippen molar-refractivity contribution < 1.29 is 14.8 Å². The molecule has 2 N–H and O–H groups in total. The lowest BCUT2D eigenvalue weighted by atomic mass is 9.78. The summed E-state index contributed by atoms with van der Waals surface area (Å²) in [6, 6.07) is 2.18. The van der Waals surface area contributed by atoms with Crippen molar-refractivity contribution >= 4 is 23.2 Å². The molecule has 0 radical (unpaired) electrons. The topological polar surface area (TPSA) is 49.7 Å². The molecule has 1 unspecified atom stereocenters. The zero-order valence-corrected chi connectivity index (χ0v) is 27.7. The number of hydrogen-bond donors (Lipinski definition) is 2. The second kappa shape index (κ2) is 21.4. The lowest BCUT2D eigenvalue weighted by molar-refractivity contribution is -0.0982. The van der Waals surface area contributed by atoms with E-state index in [-0.39, 0.29) is 0 Å². The summed E-state index contributed by atoms with van der Waals surface area (Å²) in [7, 11) is -0.998. The summed E-state index contributed by atoms with van der Waals surface area (Å²) in [5.41, 5.74) is -0.657. The van der Waals surface area contributed by atoms with E-state index in [1.807, 2.05) is 13.8 Å². The summed E-state index contributed by atoms with van der Waals surface area (Å²) < 4.78 is 6.92. The van der Waals surface area contributed by atoms with Gasteiger partial charge in [-0.05, 0) is 57.0 Å². The van der Waals surface area contributed by atoms with E-state index >= 15 is 0 Å². The highest BCUT2D eigenvalue weighted by atomic mass is 32.1. The lowest BCUT2D eigenvalue weighted by Gasteiger charge is -2.38. The SMILES string of the molecule is CCCCCCCCCCCCC(CCCCCCCCCC)Cc1ccsc1B(O)OC(C)(C)C(C)(C)O. The second-order valence-electron chi connectivity index (χ2n) is 13.2. The highest BCUT2D eigenvalue weighted by Crippen LogP contribution is 2.27. The summed E-state index contributed by atoms with van der Waals surface area (Å²) in [5, 5.41) is 23.6. The minimum absolute atomic E-state index is 0.668. The Morgan fingerprint density at radius 1 is 0.718 bits per heavy atom. The lowest BCUT2D eigenvalue weighted by Crippen LogP contribution is -2.53. The van der Waals surface area contributed by atoms with Gasteiger partial charge in [-0.1, -0.05) is 142 Å². The van der Waals surface area contributed by atoms with Gasteiger partial charge in [-0.3, -0.25) is 0 Å². The van der Waals surface area contributed by atoms with E-state index in [2.05, 4.69) is 25.3 Å². The molecule has 0 fully saturated rings. The number of hydrogen-bond acceptors (Lipinski definition) is 4. The minimum atomic E-state index is -1.04. The van der Waals surface area contributed by atoms with Crippen molar-refractivity contribution in [3.05, 3.63) is 17.0 Å². The first-order chi connectivity index (χ1) is 18.6. The number of aliphatic hydroxyl groups is 1. The zero-order valence-electron chi connectivity index (χ0n) is 26.9. The molecule has 1 aromatic heterocycles. The fraction of sp³-hybridized carbons (Fsp3) is 0.882. The Labute approximate surface area is 248 Å². The largest absolute Gasteiger partial charge is 0.502 e. The van der Waals surface area contributed by atoms with Crippen LogP contribution in [0, 0.1) is 5.92 Å². The van der Waals surface area contributed by atoms with Crippen LogP contribution < -0.4 is 4.78 Å². The Morgan fingerprint density at radius 2 is 1.13 bits per heavy atom. The third-order valence-corrected chi connectivity index (χ3v) is 9.82. The van der Waals surface area contributed by atoms with Crippen LogP contribution in [0.4, 0.5) is 0 Å². The molecule has 0 amide bonds. The maximum absolute atomic E-state index is 11.0. The predicted octanol–water partition coefficient (Wildman–Crippen LogP) is 10.0. The molecule has 1 aromatic rings. The van der Waals surface area contributed by atoms with Gasteiger partial charge >= 0.3 is 7.12 Å². The number of thiophene rings is 1. The maximum Gasteiger partial charge on any atom is 0.502 e. The fourth-order valence-corrected chi connectivity index (χ4v) is 6.20. The van der Waals surface area contributed by atoms with Crippen molar-refractivity contribution in [1.29, 1.82) is 0 Å². The number of unbranched alkanes of at least 4 members (excludes halogenated alkanes) is 16. The standard InChI is InChI=1S/C34H65BO3S/c1-7-9-11-13-15-17-18-20-22-24-26-30(25-23-21-19-16-14-12-10-8-2)29-31-27-28-39-32(31)35(37)38-34(5,6)33(3,4)36/h27-28,30,36-37H,7-26,29H2,1-6H3. The Morgan fingerprint density at radius 3 is 1.54 bits per heavy atom. The quantitative estimate of drug-likeness (QED) is 0.0869. The van der Waals surface area contributed by atoms with E-state index in [1.54, 1.807) is 25.2 Å². The van der Waals surface area contributed by atoms with Gasteiger partial charge < -0.3 is 14.8 Å². The van der Waals surface area contributed by atoms with Crippen molar-refractivity contribution in [2.24, 2.45) is 5.92 Å². The minimum Gasteiger partial charge on any atom is -0.423 e. The molecule has 0 aliphatic carbocycles. The smallest absolute Gasteiger partial charge is 0.423 e. The van der Waals surface area contributed by atoms with Crippen molar-refractivity contribution in [2.75, 3.05) is 0 Å². The molecule has 228 valence electrons. The molecule has 3 nitrogen and oxygen atoms in total. The van der Waals surface area contributed by atoms with Gasteiger partial charge in [-0.15, -0.1) is 0 Å². The van der Waals surface area contributed by atoms with Crippen molar-refractivity contribution in [3.8, 4) is 0 Å². The van der Waals surface area contributed by atoms with Gasteiger partial charge in [0.15, 0.2) is 0 Å². The van der Waals surface area contributed by atoms with Crippen LogP contribution in [-0.2, 0) is 11.1 Å². The van der Waals surface area contributed by atoms with Gasteiger partial charge in [0, 0.05) is 4.78 Å². The summed E-state index contributed by atoms with van der Waals surface area (Å²) >= 11 is 1.58. The summed E-state index contributed by atoms with van der Waals surface area (Å²) in [4.78, 5) is 0. The molecular formula is C34H65BO3S. The zero-order chi connectivity index (χ0) is 29.0. The van der Waals surface area contributed by atoms with Crippen molar-refractivity contribution in [3.63, 3.8) is 0 Å². The summed E-state index contributed by atoms with van der Waals surface area (Å²) in [6.45, 7) is 11.7. The molecule has 0 aliphatic rings. The highest BCUT2D eigenvalue weighted by Gasteiger charge is 2.40. The van der Waals surface area contributed by atoms with Gasteiger partial charge in [0.2, 0.25) is 0 Å². The van der Waals surface area contributed by atoms with Gasteiger partial charge in [0.05, 0.1) is 11.2 Å². The van der Waals surface area contributed by atoms with E-state index < -0.39 is 18.3 Å². The Bertz CT molecular complexity index is 697. The summed E-state index contributed by atoms with van der Waals surface area (Å²) in [6.07, 6.45) is 28.3. The van der Waals surface area contributed by atoms with Crippen LogP contribution in [0.3, 0.4) is 0 Å². The van der Waals surface area contributed by atoms with E-state index in [0.717, 1.165) is 11.2 Å². The van der Waals surface area contributed by atoms with Gasteiger partial charge in [0.25, 0.3) is 0 Å². The predicted molar refractivity (Wildman–Crippen MR) is 174 cm³/mol. The molecule has 0 saturated heterocycles. The van der Waals surface area contributed by atoms with Gasteiger partial charge in [0.1, 0.15) is 0 Å². The second-order valence-corrected chi connectivity index (χ2v) is 14.1. The van der Waals surface area contributed by atoms with Crippen molar-refractivity contribution in [2.45, 2.75) is 188 Å². The van der Waals surface area contributed by atoms with Crippen LogP contribution in [-0.4, -0.2) is 28.5 Å². The molecule has 0 spiro atoms. The third-order valence-electron chi connectivity index (χ3n) is 8.83. The third kappa shape index (κ3) is 16.6. The Balaban J connectivity index is 2.58. The Hall–Kier alpha value is -0.355. The first-order valence-corrected chi connectivity index (χ1v) is 17.6. The van der Waals surface area contributed by atoms with E-state index in [1.165, 1.54) is 134 Å². The normalized spacial score (nSPS) is 13.2.